The second-order valence-electron chi connectivity index (χ2n) is 8.74. The van der Waals surface area contributed by atoms with Crippen LogP contribution >= 0.6 is 11.3 Å². The Bertz CT molecular complexity index is 1200. The highest BCUT2D eigenvalue weighted by molar-refractivity contribution is 7.17. The van der Waals surface area contributed by atoms with E-state index in [-0.39, 0.29) is 18.0 Å². The Kier molecular flexibility index (Phi) is 7.47. The van der Waals surface area contributed by atoms with Crippen molar-refractivity contribution in [2.75, 3.05) is 61.1 Å². The lowest BCUT2D eigenvalue weighted by molar-refractivity contribution is 0.0526. The van der Waals surface area contributed by atoms with E-state index in [0.717, 1.165) is 61.0 Å². The molecule has 0 radical (unpaired) electrons. The van der Waals surface area contributed by atoms with Gasteiger partial charge in [0.2, 0.25) is 5.95 Å². The molecule has 0 spiro atoms. The molecule has 2 aromatic heterocycles. The van der Waals surface area contributed by atoms with Gasteiger partial charge in [-0.25, -0.2) is 14.6 Å². The second kappa shape index (κ2) is 11.1. The molecule has 11 heteroatoms. The molecule has 0 bridgehead atoms. The van der Waals surface area contributed by atoms with E-state index < -0.39 is 0 Å². The van der Waals surface area contributed by atoms with Crippen LogP contribution in [0.1, 0.15) is 30.1 Å². The number of benzene rings is 1. The van der Waals surface area contributed by atoms with Crippen molar-refractivity contribution in [3.63, 3.8) is 0 Å². The zero-order valence-electron chi connectivity index (χ0n) is 20.2. The third-order valence-corrected chi connectivity index (χ3v) is 7.25. The molecule has 190 valence electrons. The van der Waals surface area contributed by atoms with Crippen LogP contribution in [0.5, 0.6) is 0 Å². The number of rotatable bonds is 6. The number of piperidine rings is 1. The number of urea groups is 1. The smallest absolute Gasteiger partial charge is 0.338 e. The van der Waals surface area contributed by atoms with Gasteiger partial charge in [0.1, 0.15) is 0 Å². The molecule has 2 saturated heterocycles. The summed E-state index contributed by atoms with van der Waals surface area (Å²) < 4.78 is 11.6. The van der Waals surface area contributed by atoms with Crippen LogP contribution in [0.2, 0.25) is 0 Å². The highest BCUT2D eigenvalue weighted by Gasteiger charge is 2.25. The lowest BCUT2D eigenvalue weighted by Crippen LogP contribution is -2.46. The minimum atomic E-state index is -0.376. The van der Waals surface area contributed by atoms with Gasteiger partial charge in [0.05, 0.1) is 35.6 Å². The number of morpholine rings is 1. The van der Waals surface area contributed by atoms with Crippen molar-refractivity contribution in [3.05, 3.63) is 41.3 Å². The Labute approximate surface area is 213 Å². The summed E-state index contributed by atoms with van der Waals surface area (Å²) in [6.07, 6.45) is 1.60. The number of nitrogens with zero attached hydrogens (tertiary/aromatic N) is 4. The summed E-state index contributed by atoms with van der Waals surface area (Å²) in [6.45, 7) is 6.69. The van der Waals surface area contributed by atoms with Crippen LogP contribution in [0.25, 0.3) is 10.2 Å². The van der Waals surface area contributed by atoms with E-state index in [9.17, 15) is 9.59 Å². The van der Waals surface area contributed by atoms with Crippen LogP contribution in [0.3, 0.4) is 0 Å². The van der Waals surface area contributed by atoms with Crippen molar-refractivity contribution >= 4 is 51.0 Å². The van der Waals surface area contributed by atoms with Crippen molar-refractivity contribution in [1.29, 1.82) is 0 Å². The molecule has 36 heavy (non-hydrogen) atoms. The fraction of sp³-hybridized carbons (Fsp3) is 0.440. The number of nitrogens with one attached hydrogen (secondary N) is 2. The number of thiophene rings is 1. The number of hydrogen-bond acceptors (Lipinski definition) is 9. The van der Waals surface area contributed by atoms with Crippen molar-refractivity contribution in [2.24, 2.45) is 0 Å². The fourth-order valence-electron chi connectivity index (χ4n) is 4.45. The van der Waals surface area contributed by atoms with Crippen LogP contribution in [-0.2, 0) is 9.47 Å². The highest BCUT2D eigenvalue weighted by atomic mass is 32.1. The Balaban J connectivity index is 1.16. The van der Waals surface area contributed by atoms with Gasteiger partial charge in [-0.3, -0.25) is 0 Å². The van der Waals surface area contributed by atoms with Crippen LogP contribution < -0.4 is 20.4 Å². The van der Waals surface area contributed by atoms with E-state index >= 15 is 0 Å². The van der Waals surface area contributed by atoms with Crippen LogP contribution in [0, 0.1) is 0 Å². The zero-order valence-corrected chi connectivity index (χ0v) is 21.1. The van der Waals surface area contributed by atoms with Gasteiger partial charge in [0, 0.05) is 37.9 Å². The topological polar surface area (TPSA) is 109 Å². The van der Waals surface area contributed by atoms with E-state index in [0.29, 0.717) is 31.1 Å². The molecule has 0 atom stereocenters. The highest BCUT2D eigenvalue weighted by Crippen LogP contribution is 2.32. The van der Waals surface area contributed by atoms with Gasteiger partial charge in [-0.2, -0.15) is 4.98 Å². The molecule has 2 N–H and O–H groups in total. The van der Waals surface area contributed by atoms with Gasteiger partial charge in [0.25, 0.3) is 0 Å². The summed E-state index contributed by atoms with van der Waals surface area (Å²) in [5.74, 6) is 1.35. The first kappa shape index (κ1) is 24.3. The molecule has 2 aliphatic rings. The average Bonchev–Trinajstić information content (AvgIpc) is 3.38. The lowest BCUT2D eigenvalue weighted by Gasteiger charge is -2.33. The van der Waals surface area contributed by atoms with E-state index in [1.807, 2.05) is 6.07 Å². The number of fused-ring (bicyclic) bond motifs is 1. The van der Waals surface area contributed by atoms with E-state index in [2.05, 4.69) is 25.8 Å². The predicted octanol–water partition coefficient (Wildman–Crippen LogP) is 3.50. The minimum Gasteiger partial charge on any atom is -0.462 e. The first-order valence-corrected chi connectivity index (χ1v) is 13.2. The zero-order chi connectivity index (χ0) is 24.9. The minimum absolute atomic E-state index is 0.0589. The summed E-state index contributed by atoms with van der Waals surface area (Å²) in [6, 6.07) is 8.51. The van der Waals surface area contributed by atoms with Gasteiger partial charge in [0.15, 0.2) is 5.82 Å². The maximum Gasteiger partial charge on any atom is 0.338 e. The number of carbonyl (C=O) groups is 2. The number of esters is 1. The third-order valence-electron chi connectivity index (χ3n) is 6.35. The van der Waals surface area contributed by atoms with Crippen LogP contribution in [-0.4, -0.2) is 74.0 Å². The third kappa shape index (κ3) is 5.52. The van der Waals surface area contributed by atoms with Crippen LogP contribution in [0.4, 0.5) is 22.2 Å². The first-order chi connectivity index (χ1) is 17.6. The van der Waals surface area contributed by atoms with Crippen molar-refractivity contribution < 1.29 is 19.1 Å². The molecule has 2 aliphatic heterocycles. The van der Waals surface area contributed by atoms with Crippen molar-refractivity contribution in [3.8, 4) is 0 Å². The Hall–Kier alpha value is -3.44. The van der Waals surface area contributed by atoms with E-state index in [4.69, 9.17) is 19.4 Å². The normalized spacial score (nSPS) is 16.7. The quantitative estimate of drug-likeness (QED) is 0.485. The van der Waals surface area contributed by atoms with Gasteiger partial charge >= 0.3 is 12.0 Å². The first-order valence-electron chi connectivity index (χ1n) is 12.3. The molecule has 0 unspecified atom stereocenters. The predicted molar refractivity (Wildman–Crippen MR) is 140 cm³/mol. The number of carbonyl (C=O) groups excluding carboxylic acids is 2. The number of anilines is 3. The van der Waals surface area contributed by atoms with Gasteiger partial charge in [-0.15, -0.1) is 11.3 Å². The number of aromatic nitrogens is 2. The van der Waals surface area contributed by atoms with E-state index in [1.54, 1.807) is 42.5 Å². The molecule has 10 nitrogen and oxygen atoms in total. The lowest BCUT2D eigenvalue weighted by atomic mass is 10.1. The largest absolute Gasteiger partial charge is 0.462 e. The van der Waals surface area contributed by atoms with Crippen molar-refractivity contribution in [2.45, 2.75) is 25.8 Å². The SMILES string of the molecule is CCOC(=O)c1ccc(NC(=O)NC2CCN(c3nc(N4CCOCC4)c4sccc4n3)CC2)cc1. The van der Waals surface area contributed by atoms with Gasteiger partial charge in [-0.1, -0.05) is 0 Å². The fourth-order valence-corrected chi connectivity index (χ4v) is 5.30. The molecule has 2 amide bonds. The molecule has 4 heterocycles. The number of amides is 2. The average molecular weight is 511 g/mol. The summed E-state index contributed by atoms with van der Waals surface area (Å²) in [7, 11) is 0. The summed E-state index contributed by atoms with van der Waals surface area (Å²) in [5, 5.41) is 7.95. The summed E-state index contributed by atoms with van der Waals surface area (Å²) in [4.78, 5) is 38.6. The molecular formula is C25H30N6O4S. The summed E-state index contributed by atoms with van der Waals surface area (Å²) >= 11 is 1.67. The monoisotopic (exact) mass is 510 g/mol. The van der Waals surface area contributed by atoms with Crippen molar-refractivity contribution in [1.82, 2.24) is 15.3 Å². The molecule has 0 aliphatic carbocycles. The molecule has 3 aromatic rings. The Morgan fingerprint density at radius 2 is 1.81 bits per heavy atom. The number of ether oxygens (including phenoxy) is 2. The van der Waals surface area contributed by atoms with E-state index in [1.165, 1.54) is 0 Å². The maximum absolute atomic E-state index is 12.5. The second-order valence-corrected chi connectivity index (χ2v) is 9.66. The molecule has 2 fully saturated rings. The standard InChI is InChI=1S/C25H30N6O4S/c1-2-35-23(32)17-3-5-18(6-4-17)26-25(33)27-19-7-10-31(11-8-19)24-28-20-9-16-36-21(20)22(29-24)30-12-14-34-15-13-30/h3-6,9,16,19H,2,7-8,10-15H2,1H3,(H2,26,27,33). The molecule has 0 saturated carbocycles. The number of hydrogen-bond donors (Lipinski definition) is 2. The molecular weight excluding hydrogens is 480 g/mol. The Morgan fingerprint density at radius 3 is 2.53 bits per heavy atom. The molecule has 1 aromatic carbocycles. The maximum atomic E-state index is 12.5. The Morgan fingerprint density at radius 1 is 1.06 bits per heavy atom. The van der Waals surface area contributed by atoms with Gasteiger partial charge < -0.3 is 29.9 Å². The summed E-state index contributed by atoms with van der Waals surface area (Å²) in [5.41, 5.74) is 2.04. The van der Waals surface area contributed by atoms with Crippen LogP contribution in [0.15, 0.2) is 35.7 Å². The molecule has 5 rings (SSSR count). The van der Waals surface area contributed by atoms with Gasteiger partial charge in [-0.05, 0) is 55.5 Å².